The molecule has 1 rings (SSSR count). The van der Waals surface area contributed by atoms with Gasteiger partial charge in [0.15, 0.2) is 6.29 Å². The predicted octanol–water partition coefficient (Wildman–Crippen LogP) is 17.9. The Morgan fingerprint density at radius 2 is 0.787 bits per heavy atom. The van der Waals surface area contributed by atoms with E-state index in [1.807, 2.05) is 6.08 Å². The number of carbonyl (C=O) groups excluding carboxylic acids is 1. The van der Waals surface area contributed by atoms with E-state index in [-0.39, 0.29) is 12.5 Å². The highest BCUT2D eigenvalue weighted by molar-refractivity contribution is 5.76. The number of allylic oxidation sites excluding steroid dienone is 15. The van der Waals surface area contributed by atoms with Gasteiger partial charge in [-0.25, -0.2) is 0 Å². The molecule has 7 unspecified atom stereocenters. The van der Waals surface area contributed by atoms with Crippen LogP contribution in [0.2, 0.25) is 0 Å². The second-order valence-corrected chi connectivity index (χ2v) is 22.9. The van der Waals surface area contributed by atoms with Crippen molar-refractivity contribution < 1.29 is 39.8 Å². The van der Waals surface area contributed by atoms with E-state index in [9.17, 15) is 30.3 Å². The fraction of sp³-hybridized carbons (Fsp3) is 0.761. The normalized spacial score (nSPS) is 19.1. The maximum absolute atomic E-state index is 13.1. The molecule has 7 atom stereocenters. The molecule has 9 nitrogen and oxygen atoms in total. The van der Waals surface area contributed by atoms with Gasteiger partial charge in [-0.15, -0.1) is 0 Å². The minimum atomic E-state index is -1.58. The molecular weight excluding hydrogens is 995 g/mol. The Morgan fingerprint density at radius 1 is 0.438 bits per heavy atom. The van der Waals surface area contributed by atoms with Crippen LogP contribution in [0.1, 0.15) is 290 Å². The van der Waals surface area contributed by atoms with Crippen LogP contribution in [-0.2, 0) is 14.3 Å². The number of amides is 1. The first-order valence-corrected chi connectivity index (χ1v) is 33.5. The molecule has 1 saturated heterocycles. The molecule has 1 aliphatic heterocycles. The van der Waals surface area contributed by atoms with Crippen LogP contribution in [0.5, 0.6) is 0 Å². The predicted molar refractivity (Wildman–Crippen MR) is 341 cm³/mol. The first-order chi connectivity index (χ1) is 39.3. The number of hydrogen-bond donors (Lipinski definition) is 6. The van der Waals surface area contributed by atoms with Gasteiger partial charge in [0, 0.05) is 6.42 Å². The molecule has 0 radical (unpaired) electrons. The molecule has 0 bridgehead atoms. The first kappa shape index (κ1) is 75.1. The van der Waals surface area contributed by atoms with Crippen molar-refractivity contribution >= 4 is 5.91 Å². The molecule has 0 saturated carbocycles. The standard InChI is InChI=1S/C71H125NO8/c1-3-5-7-9-11-13-15-17-19-21-23-24-25-26-27-28-29-30-31-32-33-34-35-36-37-38-39-40-41-42-43-45-47-49-51-53-55-57-59-61-67(75)72-64(63-79-71-70(78)69(77)68(76)66(62-73)80-71)65(74)60-58-56-54-52-50-48-46-44-22-20-18-16-14-12-10-8-6-4-2/h5,7,11,13,17,19,22-24,26-27,44,50,52,58,60,64-66,68-71,73-74,76-78H,3-4,6,8-10,12,14-16,18,20-21,25,28-43,45-49,51,53-57,59,61-63H2,1-2H3,(H,72,75)/b7-5-,13-11-,19-17-,24-23-,27-26-,44-22+,52-50+,60-58+. The topological polar surface area (TPSA) is 149 Å². The van der Waals surface area contributed by atoms with E-state index in [4.69, 9.17) is 9.47 Å². The molecule has 462 valence electrons. The van der Waals surface area contributed by atoms with Gasteiger partial charge in [-0.1, -0.05) is 291 Å². The summed E-state index contributed by atoms with van der Waals surface area (Å²) >= 11 is 0. The number of aliphatic hydroxyl groups is 5. The lowest BCUT2D eigenvalue weighted by Crippen LogP contribution is -2.60. The van der Waals surface area contributed by atoms with Gasteiger partial charge in [-0.2, -0.15) is 0 Å². The van der Waals surface area contributed by atoms with Gasteiger partial charge >= 0.3 is 0 Å². The van der Waals surface area contributed by atoms with E-state index in [0.717, 1.165) is 77.0 Å². The minimum absolute atomic E-state index is 0.189. The lowest BCUT2D eigenvalue weighted by atomic mass is 9.99. The summed E-state index contributed by atoms with van der Waals surface area (Å²) in [6.07, 6.45) is 79.4. The van der Waals surface area contributed by atoms with Crippen molar-refractivity contribution in [3.63, 3.8) is 0 Å². The first-order valence-electron chi connectivity index (χ1n) is 33.5. The van der Waals surface area contributed by atoms with Crippen molar-refractivity contribution in [2.75, 3.05) is 13.2 Å². The third-order valence-corrected chi connectivity index (χ3v) is 15.4. The molecule has 0 aromatic carbocycles. The van der Waals surface area contributed by atoms with Gasteiger partial charge < -0.3 is 40.3 Å². The van der Waals surface area contributed by atoms with E-state index >= 15 is 0 Å². The molecule has 1 heterocycles. The number of unbranched alkanes of at least 4 members (excludes halogenated alkanes) is 33. The Hall–Kier alpha value is -2.89. The zero-order valence-electron chi connectivity index (χ0n) is 51.6. The number of ether oxygens (including phenoxy) is 2. The van der Waals surface area contributed by atoms with Gasteiger partial charge in [-0.05, 0) is 89.9 Å². The van der Waals surface area contributed by atoms with Crippen LogP contribution in [0.25, 0.3) is 0 Å². The Balaban J connectivity index is 2.09. The Bertz CT molecular complexity index is 1580. The molecule has 1 amide bonds. The summed E-state index contributed by atoms with van der Waals surface area (Å²) < 4.78 is 11.3. The number of hydrogen-bond acceptors (Lipinski definition) is 8. The SMILES string of the molecule is CC/C=C\C/C=C\C/C=C\C/C=C\C/C=C\CCCCCCCCCCCCCCCCCCCCCCCCCC(=O)NC(COC1OC(CO)C(O)C(O)C1O)C(O)/C=C/CC/C=C/CC/C=C/CCCCCCCCCC. The monoisotopic (exact) mass is 1120 g/mol. The molecule has 80 heavy (non-hydrogen) atoms. The van der Waals surface area contributed by atoms with E-state index in [1.165, 1.54) is 193 Å². The maximum atomic E-state index is 13.1. The van der Waals surface area contributed by atoms with Gasteiger partial charge in [0.25, 0.3) is 0 Å². The lowest BCUT2D eigenvalue weighted by molar-refractivity contribution is -0.302. The maximum Gasteiger partial charge on any atom is 0.220 e. The average molecular weight is 1120 g/mol. The highest BCUT2D eigenvalue weighted by atomic mass is 16.7. The van der Waals surface area contributed by atoms with E-state index < -0.39 is 49.5 Å². The molecule has 1 fully saturated rings. The van der Waals surface area contributed by atoms with Crippen molar-refractivity contribution in [2.24, 2.45) is 0 Å². The van der Waals surface area contributed by atoms with Crippen molar-refractivity contribution in [3.05, 3.63) is 97.2 Å². The van der Waals surface area contributed by atoms with Crippen molar-refractivity contribution in [2.45, 2.75) is 333 Å². The third kappa shape index (κ3) is 47.6. The third-order valence-electron chi connectivity index (χ3n) is 15.4. The van der Waals surface area contributed by atoms with E-state index in [2.05, 4.69) is 104 Å². The summed E-state index contributed by atoms with van der Waals surface area (Å²) in [7, 11) is 0. The number of rotatable bonds is 57. The van der Waals surface area contributed by atoms with Crippen LogP contribution < -0.4 is 5.32 Å². The van der Waals surface area contributed by atoms with Crippen LogP contribution in [0.15, 0.2) is 97.2 Å². The summed E-state index contributed by atoms with van der Waals surface area (Å²) in [5, 5.41) is 54.6. The molecule has 9 heteroatoms. The van der Waals surface area contributed by atoms with Crippen molar-refractivity contribution in [1.82, 2.24) is 5.32 Å². The van der Waals surface area contributed by atoms with Gasteiger partial charge in [-0.3, -0.25) is 4.79 Å². The number of nitrogens with one attached hydrogen (secondary N) is 1. The van der Waals surface area contributed by atoms with Gasteiger partial charge in [0.1, 0.15) is 24.4 Å². The fourth-order valence-electron chi connectivity index (χ4n) is 10.2. The highest BCUT2D eigenvalue weighted by Crippen LogP contribution is 2.23. The Kier molecular flexibility index (Phi) is 55.7. The Morgan fingerprint density at radius 3 is 1.20 bits per heavy atom. The van der Waals surface area contributed by atoms with Crippen molar-refractivity contribution in [3.8, 4) is 0 Å². The zero-order valence-corrected chi connectivity index (χ0v) is 51.6. The summed E-state index contributed by atoms with van der Waals surface area (Å²) in [5.74, 6) is -0.189. The van der Waals surface area contributed by atoms with Crippen LogP contribution in [0.4, 0.5) is 0 Å². The molecule has 0 aromatic heterocycles. The summed E-state index contributed by atoms with van der Waals surface area (Å²) in [5.41, 5.74) is 0. The summed E-state index contributed by atoms with van der Waals surface area (Å²) in [6, 6.07) is -0.831. The number of carbonyl (C=O) groups is 1. The molecule has 0 spiro atoms. The van der Waals surface area contributed by atoms with Crippen LogP contribution in [0.3, 0.4) is 0 Å². The number of aliphatic hydroxyl groups excluding tert-OH is 5. The second kappa shape index (κ2) is 59.3. The summed E-state index contributed by atoms with van der Waals surface area (Å²) in [6.45, 7) is 3.65. The van der Waals surface area contributed by atoms with E-state index in [1.54, 1.807) is 6.08 Å². The fourth-order valence-corrected chi connectivity index (χ4v) is 10.2. The van der Waals surface area contributed by atoms with Gasteiger partial charge in [0.2, 0.25) is 5.91 Å². The van der Waals surface area contributed by atoms with E-state index in [0.29, 0.717) is 6.42 Å². The average Bonchev–Trinajstić information content (AvgIpc) is 3.46. The lowest BCUT2D eigenvalue weighted by Gasteiger charge is -2.40. The molecule has 0 aromatic rings. The smallest absolute Gasteiger partial charge is 0.220 e. The molecule has 6 N–H and O–H groups in total. The quantitative estimate of drug-likeness (QED) is 0.0261. The molecule has 1 aliphatic rings. The highest BCUT2D eigenvalue weighted by Gasteiger charge is 2.44. The largest absolute Gasteiger partial charge is 0.394 e. The second-order valence-electron chi connectivity index (χ2n) is 22.9. The van der Waals surface area contributed by atoms with Crippen LogP contribution in [-0.4, -0.2) is 87.5 Å². The van der Waals surface area contributed by atoms with Crippen LogP contribution >= 0.6 is 0 Å². The van der Waals surface area contributed by atoms with Crippen molar-refractivity contribution in [1.29, 1.82) is 0 Å². The zero-order chi connectivity index (χ0) is 57.9. The summed E-state index contributed by atoms with van der Waals surface area (Å²) in [4.78, 5) is 13.1. The molecule has 0 aliphatic carbocycles. The molecular formula is C71H125NO8. The Labute approximate surface area is 492 Å². The minimum Gasteiger partial charge on any atom is -0.394 e. The van der Waals surface area contributed by atoms with Crippen LogP contribution in [0, 0.1) is 0 Å². The van der Waals surface area contributed by atoms with Gasteiger partial charge in [0.05, 0.1) is 25.4 Å².